The number of hydrogen-bond acceptors (Lipinski definition) is 5. The molecule has 1 heterocycles. The zero-order chi connectivity index (χ0) is 14.0. The SMILES string of the molecule is CC(C)(C)OC(=O)CC1(C=O)COC(C)(C)OC1. The molecule has 0 aromatic heterocycles. The molecule has 0 unspecified atom stereocenters. The molecule has 18 heavy (non-hydrogen) atoms. The minimum Gasteiger partial charge on any atom is -0.460 e. The van der Waals surface area contributed by atoms with Gasteiger partial charge in [-0.15, -0.1) is 0 Å². The first-order valence-electron chi connectivity index (χ1n) is 6.04. The number of rotatable bonds is 3. The molecule has 5 heteroatoms. The maximum atomic E-state index is 11.8. The first kappa shape index (κ1) is 15.1. The van der Waals surface area contributed by atoms with Crippen molar-refractivity contribution in [2.75, 3.05) is 13.2 Å². The summed E-state index contributed by atoms with van der Waals surface area (Å²) in [7, 11) is 0. The van der Waals surface area contributed by atoms with E-state index in [0.29, 0.717) is 0 Å². The molecule has 0 atom stereocenters. The maximum Gasteiger partial charge on any atom is 0.307 e. The van der Waals surface area contributed by atoms with Gasteiger partial charge in [0.15, 0.2) is 5.79 Å². The quantitative estimate of drug-likeness (QED) is 0.569. The van der Waals surface area contributed by atoms with Gasteiger partial charge in [-0.25, -0.2) is 0 Å². The van der Waals surface area contributed by atoms with Gasteiger partial charge in [-0.3, -0.25) is 4.79 Å². The van der Waals surface area contributed by atoms with Crippen LogP contribution >= 0.6 is 0 Å². The van der Waals surface area contributed by atoms with E-state index >= 15 is 0 Å². The average Bonchev–Trinajstić information content (AvgIpc) is 2.19. The van der Waals surface area contributed by atoms with Crippen LogP contribution in [0, 0.1) is 5.41 Å². The second-order valence-corrected chi connectivity index (χ2v) is 6.22. The maximum absolute atomic E-state index is 11.8. The van der Waals surface area contributed by atoms with Crippen LogP contribution in [0.2, 0.25) is 0 Å². The molecule has 0 saturated carbocycles. The summed E-state index contributed by atoms with van der Waals surface area (Å²) >= 11 is 0. The van der Waals surface area contributed by atoms with Crippen LogP contribution in [0.5, 0.6) is 0 Å². The molecule has 1 aliphatic rings. The normalized spacial score (nSPS) is 22.3. The third kappa shape index (κ3) is 4.38. The Balaban J connectivity index is 2.63. The van der Waals surface area contributed by atoms with E-state index in [1.165, 1.54) is 0 Å². The summed E-state index contributed by atoms with van der Waals surface area (Å²) in [6.45, 7) is 9.25. The number of ether oxygens (including phenoxy) is 3. The van der Waals surface area contributed by atoms with Crippen molar-refractivity contribution in [1.29, 1.82) is 0 Å². The third-order valence-corrected chi connectivity index (χ3v) is 2.58. The largest absolute Gasteiger partial charge is 0.460 e. The lowest BCUT2D eigenvalue weighted by Crippen LogP contribution is -2.48. The minimum atomic E-state index is -0.933. The Morgan fingerprint density at radius 3 is 2.17 bits per heavy atom. The molecule has 0 aromatic carbocycles. The molecule has 104 valence electrons. The van der Waals surface area contributed by atoms with Crippen LogP contribution in [0.1, 0.15) is 41.0 Å². The number of esters is 1. The van der Waals surface area contributed by atoms with Crippen molar-refractivity contribution < 1.29 is 23.8 Å². The Kier molecular flexibility index (Phi) is 4.18. The van der Waals surface area contributed by atoms with E-state index in [9.17, 15) is 9.59 Å². The van der Waals surface area contributed by atoms with Gasteiger partial charge < -0.3 is 19.0 Å². The topological polar surface area (TPSA) is 61.8 Å². The molecule has 5 nitrogen and oxygen atoms in total. The summed E-state index contributed by atoms with van der Waals surface area (Å²) in [5.74, 6) is -1.12. The summed E-state index contributed by atoms with van der Waals surface area (Å²) < 4.78 is 16.1. The van der Waals surface area contributed by atoms with Crippen molar-refractivity contribution in [2.45, 2.75) is 52.4 Å². The Hall–Kier alpha value is -0.940. The van der Waals surface area contributed by atoms with Crippen molar-refractivity contribution in [3.63, 3.8) is 0 Å². The fourth-order valence-electron chi connectivity index (χ4n) is 1.60. The van der Waals surface area contributed by atoms with Crippen molar-refractivity contribution in [2.24, 2.45) is 5.41 Å². The molecule has 1 aliphatic heterocycles. The van der Waals surface area contributed by atoms with E-state index in [1.54, 1.807) is 34.6 Å². The highest BCUT2D eigenvalue weighted by atomic mass is 16.7. The van der Waals surface area contributed by atoms with E-state index < -0.39 is 22.8 Å². The molecule has 1 fully saturated rings. The van der Waals surface area contributed by atoms with E-state index in [-0.39, 0.29) is 19.6 Å². The second-order valence-electron chi connectivity index (χ2n) is 6.22. The van der Waals surface area contributed by atoms with E-state index in [4.69, 9.17) is 14.2 Å². The van der Waals surface area contributed by atoms with Crippen LogP contribution in [0.3, 0.4) is 0 Å². The van der Waals surface area contributed by atoms with Gasteiger partial charge in [0, 0.05) is 0 Å². The second kappa shape index (κ2) is 4.97. The van der Waals surface area contributed by atoms with Gasteiger partial charge in [0.05, 0.1) is 25.0 Å². The summed E-state index contributed by atoms with van der Waals surface area (Å²) in [5.41, 5.74) is -1.49. The van der Waals surface area contributed by atoms with E-state index in [0.717, 1.165) is 6.29 Å². The van der Waals surface area contributed by atoms with Gasteiger partial charge >= 0.3 is 5.97 Å². The molecule has 0 N–H and O–H groups in total. The molecule has 1 saturated heterocycles. The fourth-order valence-corrected chi connectivity index (χ4v) is 1.60. The number of carbonyl (C=O) groups is 2. The minimum absolute atomic E-state index is 0.0240. The molecule has 0 radical (unpaired) electrons. The Bertz CT molecular complexity index is 317. The Morgan fingerprint density at radius 2 is 1.78 bits per heavy atom. The molecule has 1 rings (SSSR count). The van der Waals surface area contributed by atoms with Gasteiger partial charge in [-0.1, -0.05) is 0 Å². The Morgan fingerprint density at radius 1 is 1.28 bits per heavy atom. The van der Waals surface area contributed by atoms with Gasteiger partial charge in [0.25, 0.3) is 0 Å². The molecule has 0 spiro atoms. The molecular weight excluding hydrogens is 236 g/mol. The van der Waals surface area contributed by atoms with Crippen LogP contribution < -0.4 is 0 Å². The number of carbonyl (C=O) groups excluding carboxylic acids is 2. The standard InChI is InChI=1S/C13H22O5/c1-11(2,3)18-10(15)6-13(7-14)8-16-12(4,5)17-9-13/h7H,6,8-9H2,1-5H3. The fraction of sp³-hybridized carbons (Fsp3) is 0.846. The summed E-state index contributed by atoms with van der Waals surface area (Å²) in [5, 5.41) is 0. The highest BCUT2D eigenvalue weighted by Gasteiger charge is 2.42. The lowest BCUT2D eigenvalue weighted by molar-refractivity contribution is -0.278. The predicted octanol–water partition coefficient (Wildman–Crippen LogP) is 1.69. The van der Waals surface area contributed by atoms with Crippen LogP contribution in [0.25, 0.3) is 0 Å². The van der Waals surface area contributed by atoms with Gasteiger partial charge in [0.2, 0.25) is 0 Å². The monoisotopic (exact) mass is 258 g/mol. The van der Waals surface area contributed by atoms with Crippen molar-refractivity contribution in [3.05, 3.63) is 0 Å². The van der Waals surface area contributed by atoms with E-state index in [1.807, 2.05) is 0 Å². The summed E-state index contributed by atoms with van der Waals surface area (Å²) in [6.07, 6.45) is 0.704. The first-order valence-corrected chi connectivity index (χ1v) is 6.04. The highest BCUT2D eigenvalue weighted by Crippen LogP contribution is 2.31. The van der Waals surface area contributed by atoms with Gasteiger partial charge in [-0.05, 0) is 34.6 Å². The van der Waals surface area contributed by atoms with Crippen LogP contribution in [-0.2, 0) is 23.8 Å². The zero-order valence-electron chi connectivity index (χ0n) is 11.7. The zero-order valence-corrected chi connectivity index (χ0v) is 11.7. The van der Waals surface area contributed by atoms with Crippen molar-refractivity contribution in [3.8, 4) is 0 Å². The van der Waals surface area contributed by atoms with Gasteiger partial charge in [-0.2, -0.15) is 0 Å². The third-order valence-electron chi connectivity index (χ3n) is 2.58. The first-order chi connectivity index (χ1) is 8.08. The number of hydrogen-bond donors (Lipinski definition) is 0. The predicted molar refractivity (Wildman–Crippen MR) is 64.9 cm³/mol. The van der Waals surface area contributed by atoms with E-state index in [2.05, 4.69) is 0 Å². The highest BCUT2D eigenvalue weighted by molar-refractivity contribution is 5.76. The average molecular weight is 258 g/mol. The summed E-state index contributed by atoms with van der Waals surface area (Å²) in [4.78, 5) is 23.0. The van der Waals surface area contributed by atoms with Gasteiger partial charge in [0.1, 0.15) is 11.9 Å². The molecule has 0 amide bonds. The van der Waals surface area contributed by atoms with Crippen molar-refractivity contribution >= 4 is 12.3 Å². The molecule has 0 bridgehead atoms. The molecule has 0 aliphatic carbocycles. The molecule has 0 aromatic rings. The summed E-state index contributed by atoms with van der Waals surface area (Å²) in [6, 6.07) is 0. The molecular formula is C13H22O5. The lowest BCUT2D eigenvalue weighted by atomic mass is 9.87. The number of aldehydes is 1. The van der Waals surface area contributed by atoms with Crippen LogP contribution in [0.4, 0.5) is 0 Å². The van der Waals surface area contributed by atoms with Crippen LogP contribution in [0.15, 0.2) is 0 Å². The van der Waals surface area contributed by atoms with Crippen LogP contribution in [-0.4, -0.2) is 36.9 Å². The lowest BCUT2D eigenvalue weighted by Gasteiger charge is -2.40. The smallest absolute Gasteiger partial charge is 0.307 e. The van der Waals surface area contributed by atoms with Crippen molar-refractivity contribution in [1.82, 2.24) is 0 Å². The Labute approximate surface area is 108 Å².